The van der Waals surface area contributed by atoms with Gasteiger partial charge in [0.25, 0.3) is 0 Å². The predicted octanol–water partition coefficient (Wildman–Crippen LogP) is 4.15. The fourth-order valence-electron chi connectivity index (χ4n) is 2.72. The maximum absolute atomic E-state index is 4.05. The number of hydrogen-bond donors (Lipinski definition) is 1. The summed E-state index contributed by atoms with van der Waals surface area (Å²) in [5.41, 5.74) is 4.82. The van der Waals surface area contributed by atoms with E-state index in [2.05, 4.69) is 58.4 Å². The molecule has 1 rings (SSSR count). The summed E-state index contributed by atoms with van der Waals surface area (Å²) in [6.45, 7) is 18.6. The van der Waals surface area contributed by atoms with Crippen molar-refractivity contribution in [1.29, 1.82) is 0 Å². The molecule has 2 unspecified atom stereocenters. The molecule has 0 amide bonds. The van der Waals surface area contributed by atoms with Crippen LogP contribution < -0.4 is 3.80 Å². The van der Waals surface area contributed by atoms with Gasteiger partial charge < -0.3 is 0 Å². The fraction of sp³-hybridized carbons (Fsp3) is 0.733. The first-order valence-electron chi connectivity index (χ1n) is 7.33. The molecule has 1 N–H and O–H groups in total. The summed E-state index contributed by atoms with van der Waals surface area (Å²) < 4.78 is 5.91. The zero-order chi connectivity index (χ0) is 14.0. The van der Waals surface area contributed by atoms with Gasteiger partial charge in [-0.1, -0.05) is 0 Å². The van der Waals surface area contributed by atoms with Crippen LogP contribution in [0.3, 0.4) is 0 Å². The Kier molecular flexibility index (Phi) is 6.11. The molecule has 0 aromatic heterocycles. The zero-order valence-corrected chi connectivity index (χ0v) is 16.2. The first kappa shape index (κ1) is 16.4. The molecule has 1 aliphatic rings. The number of rotatable bonds is 5. The molecule has 0 fully saturated rings. The van der Waals surface area contributed by atoms with Gasteiger partial charge in [0.15, 0.2) is 0 Å². The van der Waals surface area contributed by atoms with Crippen molar-refractivity contribution in [2.45, 2.75) is 67.1 Å². The first-order valence-corrected chi connectivity index (χ1v) is 14.5. The van der Waals surface area contributed by atoms with E-state index in [4.69, 9.17) is 0 Å². The van der Waals surface area contributed by atoms with Crippen LogP contribution in [-0.4, -0.2) is 12.7 Å². The molecule has 0 aromatic rings. The van der Waals surface area contributed by atoms with Crippen molar-refractivity contribution in [2.24, 2.45) is 5.92 Å². The Morgan fingerprint density at radius 2 is 1.78 bits per heavy atom. The second-order valence-corrected chi connectivity index (χ2v) is 18.8. The van der Waals surface area contributed by atoms with E-state index in [9.17, 15) is 0 Å². The van der Waals surface area contributed by atoms with Gasteiger partial charge in [-0.3, -0.25) is 0 Å². The average Bonchev–Trinajstić information content (AvgIpc) is 2.51. The molecule has 0 radical (unpaired) electrons. The Bertz CT molecular complexity index is 371. The molecule has 0 spiro atoms. The van der Waals surface area contributed by atoms with Crippen LogP contribution in [0.15, 0.2) is 20.6 Å². The van der Waals surface area contributed by atoms with Crippen LogP contribution in [-0.2, 0) is 17.4 Å². The maximum atomic E-state index is 4.05. The summed E-state index contributed by atoms with van der Waals surface area (Å²) in [4.78, 5) is 0. The number of hydrogen-bond acceptors (Lipinski definition) is 1. The first-order chi connectivity index (χ1) is 8.31. The molecule has 2 atom stereocenters. The van der Waals surface area contributed by atoms with Gasteiger partial charge in [0, 0.05) is 0 Å². The van der Waals surface area contributed by atoms with Gasteiger partial charge >= 0.3 is 121 Å². The molecule has 3 heteroatoms. The average molecular weight is 300 g/mol. The van der Waals surface area contributed by atoms with Gasteiger partial charge in [0.2, 0.25) is 0 Å². The Hall–Kier alpha value is 0.371. The monoisotopic (exact) mass is 300 g/mol. The standard InChI is InChI=1S/C9H13.C4H10N.C2H7Si.Ti/c1-6-5-7(2)9(4)8(6)3;1-3-4(2)5;1-3-2;/h6H,1-4H3;4-5H,3H2,1-2H3;3H,1-2H3;/q;-1;;+1. The van der Waals surface area contributed by atoms with E-state index in [1.54, 1.807) is 16.7 Å². The fourth-order valence-corrected chi connectivity index (χ4v) is 14.6. The molecule has 1 aliphatic carbocycles. The molecule has 0 saturated carbocycles. The summed E-state index contributed by atoms with van der Waals surface area (Å²) >= 11 is -1.21. The molecule has 0 saturated heterocycles. The van der Waals surface area contributed by atoms with E-state index in [-0.39, 0.29) is 0 Å². The predicted molar refractivity (Wildman–Crippen MR) is 82.0 cm³/mol. The molecule has 0 heterocycles. The quantitative estimate of drug-likeness (QED) is 0.752. The number of allylic oxidation sites excluding steroid dienone is 4. The Labute approximate surface area is 121 Å². The van der Waals surface area contributed by atoms with Crippen molar-refractivity contribution in [3.8, 4) is 0 Å². The second-order valence-electron chi connectivity index (χ2n) is 6.09. The summed E-state index contributed by atoms with van der Waals surface area (Å²) in [7, 11) is 0. The van der Waals surface area contributed by atoms with Gasteiger partial charge in [0.1, 0.15) is 0 Å². The van der Waals surface area contributed by atoms with Crippen LogP contribution in [0.25, 0.3) is 0 Å². The molecule has 0 bridgehead atoms. The van der Waals surface area contributed by atoms with Crippen LogP contribution in [0, 0.1) is 5.92 Å². The van der Waals surface area contributed by atoms with Crippen LogP contribution >= 0.6 is 0 Å². The summed E-state index contributed by atoms with van der Waals surface area (Å²) in [6, 6.07) is 0.698. The molecule has 1 nitrogen and oxygen atoms in total. The summed E-state index contributed by atoms with van der Waals surface area (Å²) in [5.74, 6) is 0.714. The van der Waals surface area contributed by atoms with Crippen molar-refractivity contribution < 1.29 is 17.4 Å². The minimum atomic E-state index is -1.21. The Morgan fingerprint density at radius 3 is 2.11 bits per heavy atom. The third kappa shape index (κ3) is 3.27. The van der Waals surface area contributed by atoms with Crippen molar-refractivity contribution in [1.82, 2.24) is 3.80 Å². The van der Waals surface area contributed by atoms with Crippen molar-refractivity contribution in [3.63, 3.8) is 0 Å². The third-order valence-electron chi connectivity index (χ3n) is 4.52. The second kappa shape index (κ2) is 6.69. The van der Waals surface area contributed by atoms with Gasteiger partial charge in [-0.2, -0.15) is 0 Å². The van der Waals surface area contributed by atoms with Crippen LogP contribution in [0.1, 0.15) is 48.0 Å². The van der Waals surface area contributed by atoms with Gasteiger partial charge in [-0.15, -0.1) is 0 Å². The van der Waals surface area contributed by atoms with Crippen LogP contribution in [0.4, 0.5) is 0 Å². The molecule has 18 heavy (non-hydrogen) atoms. The van der Waals surface area contributed by atoms with E-state index in [1.807, 2.05) is 3.88 Å². The van der Waals surface area contributed by atoms with Crippen LogP contribution in [0.5, 0.6) is 0 Å². The van der Waals surface area contributed by atoms with Crippen molar-refractivity contribution >= 4 is 6.66 Å². The normalized spacial score (nSPS) is 22.2. The SMILES string of the molecule is CCC(C)[NH][Ti]([C]1=C(C)C(C)=C(C)C1C)[SiH](C)C. The van der Waals surface area contributed by atoms with E-state index < -0.39 is 24.0 Å². The molecule has 103 valence electrons. The Balaban J connectivity index is 3.02. The van der Waals surface area contributed by atoms with E-state index in [0.717, 1.165) is 0 Å². The van der Waals surface area contributed by atoms with Crippen molar-refractivity contribution in [3.05, 3.63) is 20.6 Å². The van der Waals surface area contributed by atoms with E-state index >= 15 is 0 Å². The minimum absolute atomic E-state index is 0.569. The van der Waals surface area contributed by atoms with E-state index in [0.29, 0.717) is 12.0 Å². The third-order valence-corrected chi connectivity index (χ3v) is 16.5. The van der Waals surface area contributed by atoms with E-state index in [1.165, 1.54) is 6.42 Å². The van der Waals surface area contributed by atoms with Gasteiger partial charge in [-0.05, 0) is 0 Å². The Morgan fingerprint density at radius 1 is 1.22 bits per heavy atom. The van der Waals surface area contributed by atoms with Crippen molar-refractivity contribution in [2.75, 3.05) is 0 Å². The summed E-state index contributed by atoms with van der Waals surface area (Å²) in [6.07, 6.45) is 1.25. The topological polar surface area (TPSA) is 12.0 Å². The summed E-state index contributed by atoms with van der Waals surface area (Å²) in [5, 5.41) is 0. The van der Waals surface area contributed by atoms with Gasteiger partial charge in [0.05, 0.1) is 0 Å². The van der Waals surface area contributed by atoms with Crippen LogP contribution in [0.2, 0.25) is 13.1 Å². The molecular weight excluding hydrogens is 270 g/mol. The number of nitrogens with one attached hydrogen (secondary N) is 1. The molecular formula is C15H30NSiTi. The molecule has 0 aliphatic heterocycles. The zero-order valence-electron chi connectivity index (χ0n) is 13.4. The molecule has 0 aromatic carbocycles. The van der Waals surface area contributed by atoms with Gasteiger partial charge in [-0.25, -0.2) is 0 Å².